The van der Waals surface area contributed by atoms with Crippen LogP contribution >= 0.6 is 0 Å². The number of hydrogen-bond acceptors (Lipinski definition) is 2. The fraction of sp³-hybridized carbons (Fsp3) is 0.167. The lowest BCUT2D eigenvalue weighted by molar-refractivity contribution is -0.125. The standard InChI is InChI=1S/C18H15F3N2O2/c1-22-15-10-6-5-9-14(15)11-16(22)23(18(19,20)21)17(24)25-12-13-7-3-2-4-8-13/h2-11H,12H2,1H3. The molecule has 0 N–H and O–H groups in total. The van der Waals surface area contributed by atoms with Gasteiger partial charge in [-0.2, -0.15) is 4.90 Å². The number of aromatic nitrogens is 1. The maximum absolute atomic E-state index is 13.5. The molecule has 25 heavy (non-hydrogen) atoms. The summed E-state index contributed by atoms with van der Waals surface area (Å²) in [7, 11) is 1.47. The lowest BCUT2D eigenvalue weighted by Gasteiger charge is -2.24. The molecule has 0 aliphatic rings. The molecule has 0 aliphatic carbocycles. The van der Waals surface area contributed by atoms with Gasteiger partial charge in [0.25, 0.3) is 0 Å². The Balaban J connectivity index is 1.91. The minimum absolute atomic E-state index is 0.240. The van der Waals surface area contributed by atoms with E-state index in [2.05, 4.69) is 0 Å². The van der Waals surface area contributed by atoms with Gasteiger partial charge >= 0.3 is 12.4 Å². The summed E-state index contributed by atoms with van der Waals surface area (Å²) >= 11 is 0. The molecule has 4 nitrogen and oxygen atoms in total. The first-order chi connectivity index (χ1) is 11.9. The van der Waals surface area contributed by atoms with Crippen LogP contribution in [0.5, 0.6) is 0 Å². The van der Waals surface area contributed by atoms with E-state index < -0.39 is 12.4 Å². The number of para-hydroxylation sites is 1. The maximum Gasteiger partial charge on any atom is 0.495 e. The van der Waals surface area contributed by atoms with Crippen molar-refractivity contribution in [1.29, 1.82) is 0 Å². The second-order valence-corrected chi connectivity index (χ2v) is 5.46. The zero-order valence-corrected chi connectivity index (χ0v) is 13.3. The minimum atomic E-state index is -4.91. The highest BCUT2D eigenvalue weighted by Gasteiger charge is 2.45. The third kappa shape index (κ3) is 3.45. The van der Waals surface area contributed by atoms with Crippen LogP contribution in [0.1, 0.15) is 5.56 Å². The van der Waals surface area contributed by atoms with Crippen LogP contribution in [0, 0.1) is 0 Å². The van der Waals surface area contributed by atoms with E-state index in [1.165, 1.54) is 17.7 Å². The molecule has 0 bridgehead atoms. The number of fused-ring (bicyclic) bond motifs is 1. The topological polar surface area (TPSA) is 34.5 Å². The van der Waals surface area contributed by atoms with Gasteiger partial charge in [-0.15, -0.1) is 13.2 Å². The number of amides is 1. The number of carbonyl (C=O) groups is 1. The Morgan fingerprint density at radius 2 is 1.72 bits per heavy atom. The SMILES string of the molecule is Cn1c(N(C(=O)OCc2ccccc2)C(F)(F)F)cc2ccccc21. The van der Waals surface area contributed by atoms with E-state index in [0.29, 0.717) is 16.5 Å². The number of rotatable bonds is 3. The molecule has 3 rings (SSSR count). The van der Waals surface area contributed by atoms with Crippen LogP contribution in [0.2, 0.25) is 0 Å². The number of halogens is 3. The smallest absolute Gasteiger partial charge is 0.444 e. The largest absolute Gasteiger partial charge is 0.495 e. The fourth-order valence-electron chi connectivity index (χ4n) is 2.60. The van der Waals surface area contributed by atoms with E-state index in [-0.39, 0.29) is 17.3 Å². The van der Waals surface area contributed by atoms with Crippen molar-refractivity contribution in [2.45, 2.75) is 12.9 Å². The van der Waals surface area contributed by atoms with Crippen LogP contribution < -0.4 is 4.90 Å². The molecule has 1 amide bonds. The van der Waals surface area contributed by atoms with Gasteiger partial charge in [-0.25, -0.2) is 4.79 Å². The van der Waals surface area contributed by atoms with E-state index in [9.17, 15) is 18.0 Å². The van der Waals surface area contributed by atoms with Crippen LogP contribution in [0.25, 0.3) is 10.9 Å². The van der Waals surface area contributed by atoms with Gasteiger partial charge in [-0.05, 0) is 17.7 Å². The third-order valence-electron chi connectivity index (χ3n) is 3.80. The van der Waals surface area contributed by atoms with Crippen molar-refractivity contribution in [1.82, 2.24) is 4.57 Å². The maximum atomic E-state index is 13.5. The fourth-order valence-corrected chi connectivity index (χ4v) is 2.60. The van der Waals surface area contributed by atoms with E-state index >= 15 is 0 Å². The Morgan fingerprint density at radius 1 is 1.08 bits per heavy atom. The van der Waals surface area contributed by atoms with Crippen molar-refractivity contribution < 1.29 is 22.7 Å². The molecule has 0 radical (unpaired) electrons. The number of anilines is 1. The predicted molar refractivity (Wildman–Crippen MR) is 88.1 cm³/mol. The number of carbonyl (C=O) groups excluding carboxylic acids is 1. The summed E-state index contributed by atoms with van der Waals surface area (Å²) in [4.78, 5) is 11.9. The quantitative estimate of drug-likeness (QED) is 0.635. The van der Waals surface area contributed by atoms with E-state index in [1.807, 2.05) is 0 Å². The molecule has 0 unspecified atom stereocenters. The van der Waals surface area contributed by atoms with Crippen LogP contribution in [0.15, 0.2) is 60.7 Å². The molecule has 0 aliphatic heterocycles. The Bertz CT molecular complexity index is 888. The normalized spacial score (nSPS) is 11.5. The zero-order chi connectivity index (χ0) is 18.0. The second kappa shape index (κ2) is 6.51. The molecule has 0 saturated carbocycles. The molecule has 0 spiro atoms. The summed E-state index contributed by atoms with van der Waals surface area (Å²) in [5.41, 5.74) is 1.19. The number of ether oxygens (including phenoxy) is 1. The highest BCUT2D eigenvalue weighted by atomic mass is 19.4. The molecule has 2 aromatic carbocycles. The highest BCUT2D eigenvalue weighted by Crippen LogP contribution is 2.33. The summed E-state index contributed by atoms with van der Waals surface area (Å²) in [6.45, 7) is -0.240. The van der Waals surface area contributed by atoms with Crippen molar-refractivity contribution in [2.24, 2.45) is 7.05 Å². The minimum Gasteiger partial charge on any atom is -0.444 e. The molecule has 7 heteroatoms. The lowest BCUT2D eigenvalue weighted by Crippen LogP contribution is -2.44. The highest BCUT2D eigenvalue weighted by molar-refractivity contribution is 5.93. The number of alkyl halides is 3. The van der Waals surface area contributed by atoms with Crippen molar-refractivity contribution in [2.75, 3.05) is 4.90 Å². The molecule has 0 saturated heterocycles. The summed E-state index contributed by atoms with van der Waals surface area (Å²) in [6.07, 6.45) is -6.38. The average molecular weight is 348 g/mol. The van der Waals surface area contributed by atoms with Crippen molar-refractivity contribution in [3.63, 3.8) is 0 Å². The first-order valence-corrected chi connectivity index (χ1v) is 7.50. The van der Waals surface area contributed by atoms with Gasteiger partial charge < -0.3 is 9.30 Å². The lowest BCUT2D eigenvalue weighted by atomic mass is 10.2. The number of hydrogen-bond donors (Lipinski definition) is 0. The Labute approximate surface area is 142 Å². The molecule has 130 valence electrons. The van der Waals surface area contributed by atoms with Crippen molar-refractivity contribution in [3.8, 4) is 0 Å². The van der Waals surface area contributed by atoms with Gasteiger partial charge in [-0.1, -0.05) is 48.5 Å². The van der Waals surface area contributed by atoms with Gasteiger partial charge in [0.2, 0.25) is 0 Å². The van der Waals surface area contributed by atoms with Gasteiger partial charge in [0.15, 0.2) is 0 Å². The van der Waals surface area contributed by atoms with E-state index in [0.717, 1.165) is 0 Å². The molecule has 0 fully saturated rings. The Kier molecular flexibility index (Phi) is 4.39. The van der Waals surface area contributed by atoms with Gasteiger partial charge in [0.1, 0.15) is 12.4 Å². The van der Waals surface area contributed by atoms with Crippen LogP contribution in [-0.4, -0.2) is 17.0 Å². The molecular weight excluding hydrogens is 333 g/mol. The van der Waals surface area contributed by atoms with Gasteiger partial charge in [0, 0.05) is 18.0 Å². The molecule has 0 atom stereocenters. The Hall–Kier alpha value is -2.96. The number of aryl methyl sites for hydroxylation is 1. The summed E-state index contributed by atoms with van der Waals surface area (Å²) in [6, 6.07) is 16.7. The first kappa shape index (κ1) is 16.9. The third-order valence-corrected chi connectivity index (χ3v) is 3.80. The number of benzene rings is 2. The second-order valence-electron chi connectivity index (χ2n) is 5.46. The first-order valence-electron chi connectivity index (χ1n) is 7.50. The molecule has 1 heterocycles. The summed E-state index contributed by atoms with van der Waals surface area (Å²) in [5.74, 6) is -0.299. The van der Waals surface area contributed by atoms with Crippen molar-refractivity contribution in [3.05, 3.63) is 66.2 Å². The Morgan fingerprint density at radius 3 is 2.36 bits per heavy atom. The van der Waals surface area contributed by atoms with Crippen LogP contribution in [0.3, 0.4) is 0 Å². The van der Waals surface area contributed by atoms with Crippen LogP contribution in [0.4, 0.5) is 23.8 Å². The molecular formula is C18H15F3N2O2. The zero-order valence-electron chi connectivity index (χ0n) is 13.3. The monoisotopic (exact) mass is 348 g/mol. The van der Waals surface area contributed by atoms with Gasteiger partial charge in [-0.3, -0.25) is 0 Å². The molecule has 3 aromatic rings. The predicted octanol–water partition coefficient (Wildman–Crippen LogP) is 4.84. The average Bonchev–Trinajstić information content (AvgIpc) is 2.90. The van der Waals surface area contributed by atoms with Crippen molar-refractivity contribution >= 4 is 22.8 Å². The van der Waals surface area contributed by atoms with Gasteiger partial charge in [0.05, 0.1) is 0 Å². The van der Waals surface area contributed by atoms with E-state index in [4.69, 9.17) is 4.74 Å². The van der Waals surface area contributed by atoms with Crippen LogP contribution in [-0.2, 0) is 18.4 Å². The molecule has 1 aromatic heterocycles. The number of nitrogens with zero attached hydrogens (tertiary/aromatic N) is 2. The summed E-state index contributed by atoms with van der Waals surface area (Å²) < 4.78 is 46.7. The summed E-state index contributed by atoms with van der Waals surface area (Å²) in [5, 5.41) is 0.602. The van der Waals surface area contributed by atoms with E-state index in [1.54, 1.807) is 54.6 Å².